The van der Waals surface area contributed by atoms with Gasteiger partial charge in [0, 0.05) is 19.7 Å². The maximum atomic E-state index is 11.8. The highest BCUT2D eigenvalue weighted by atomic mass is 16.6. The lowest BCUT2D eigenvalue weighted by Gasteiger charge is -2.20. The molecule has 0 aliphatic rings. The van der Waals surface area contributed by atoms with Crippen LogP contribution in [0, 0.1) is 16.0 Å². The Morgan fingerprint density at radius 2 is 2.05 bits per heavy atom. The zero-order valence-corrected chi connectivity index (χ0v) is 12.4. The number of hydrogen-bond donors (Lipinski definition) is 2. The Labute approximate surface area is 123 Å². The Bertz CT molecular complexity index is 505. The number of nitro groups is 1. The Morgan fingerprint density at radius 3 is 2.62 bits per heavy atom. The second-order valence-corrected chi connectivity index (χ2v) is 5.22. The van der Waals surface area contributed by atoms with Gasteiger partial charge in [0.05, 0.1) is 17.6 Å². The maximum Gasteiger partial charge on any atom is 0.292 e. The number of rotatable bonds is 7. The first-order valence-corrected chi connectivity index (χ1v) is 6.72. The molecule has 0 aliphatic carbocycles. The van der Waals surface area contributed by atoms with Gasteiger partial charge in [-0.3, -0.25) is 14.9 Å². The first kappa shape index (κ1) is 16.9. The van der Waals surface area contributed by atoms with E-state index in [4.69, 9.17) is 0 Å². The van der Waals surface area contributed by atoms with Crippen molar-refractivity contribution in [1.29, 1.82) is 0 Å². The van der Waals surface area contributed by atoms with Gasteiger partial charge >= 0.3 is 0 Å². The smallest absolute Gasteiger partial charge is 0.292 e. The van der Waals surface area contributed by atoms with Gasteiger partial charge in [0.15, 0.2) is 0 Å². The number of aliphatic hydroxyl groups excluding tert-OH is 1. The maximum absolute atomic E-state index is 11.8. The second-order valence-electron chi connectivity index (χ2n) is 5.22. The van der Waals surface area contributed by atoms with Crippen molar-refractivity contribution < 1.29 is 14.8 Å². The first-order valence-electron chi connectivity index (χ1n) is 6.72. The number of aliphatic hydroxyl groups is 1. The second kappa shape index (κ2) is 7.58. The van der Waals surface area contributed by atoms with Crippen molar-refractivity contribution in [2.45, 2.75) is 20.0 Å². The van der Waals surface area contributed by atoms with Crippen molar-refractivity contribution in [2.75, 3.05) is 25.0 Å². The quantitative estimate of drug-likeness (QED) is 0.581. The van der Waals surface area contributed by atoms with Gasteiger partial charge < -0.3 is 15.3 Å². The number of carbonyl (C=O) groups excluding carboxylic acids is 1. The highest BCUT2D eigenvalue weighted by molar-refractivity contribution is 5.82. The highest BCUT2D eigenvalue weighted by Gasteiger charge is 2.18. The van der Waals surface area contributed by atoms with Crippen LogP contribution in [-0.2, 0) is 4.79 Å². The molecule has 1 atom stereocenters. The minimum absolute atomic E-state index is 0.0182. The largest absolute Gasteiger partial charge is 0.391 e. The number of hydrogen-bond acceptors (Lipinski definition) is 5. The summed E-state index contributed by atoms with van der Waals surface area (Å²) in [6.45, 7) is 3.86. The molecule has 0 heterocycles. The van der Waals surface area contributed by atoms with Crippen LogP contribution in [0.1, 0.15) is 13.8 Å². The third kappa shape index (κ3) is 5.03. The zero-order valence-electron chi connectivity index (χ0n) is 12.4. The molecule has 2 N–H and O–H groups in total. The molecule has 0 bridgehead atoms. The zero-order chi connectivity index (χ0) is 16.0. The average Bonchev–Trinajstić information content (AvgIpc) is 2.44. The van der Waals surface area contributed by atoms with E-state index in [1.165, 1.54) is 11.0 Å². The van der Waals surface area contributed by atoms with Gasteiger partial charge in [0.1, 0.15) is 5.69 Å². The van der Waals surface area contributed by atoms with E-state index in [9.17, 15) is 20.0 Å². The molecule has 0 aliphatic heterocycles. The number of carbonyl (C=O) groups is 1. The number of benzene rings is 1. The van der Waals surface area contributed by atoms with Crippen molar-refractivity contribution in [2.24, 2.45) is 5.92 Å². The first-order chi connectivity index (χ1) is 9.82. The Hall–Kier alpha value is -2.15. The molecule has 0 aromatic heterocycles. The molecule has 0 spiro atoms. The lowest BCUT2D eigenvalue weighted by molar-refractivity contribution is -0.384. The molecule has 1 amide bonds. The van der Waals surface area contributed by atoms with Crippen LogP contribution in [0.5, 0.6) is 0 Å². The van der Waals surface area contributed by atoms with Crippen LogP contribution in [0.4, 0.5) is 11.4 Å². The normalized spacial score (nSPS) is 12.0. The molecular weight excluding hydrogens is 274 g/mol. The molecule has 1 rings (SSSR count). The number of para-hydroxylation sites is 2. The van der Waals surface area contributed by atoms with E-state index in [2.05, 4.69) is 5.32 Å². The van der Waals surface area contributed by atoms with Crippen LogP contribution in [0.25, 0.3) is 0 Å². The predicted octanol–water partition coefficient (Wildman–Crippen LogP) is 1.16. The highest BCUT2D eigenvalue weighted by Crippen LogP contribution is 2.26. The monoisotopic (exact) mass is 295 g/mol. The minimum atomic E-state index is -0.606. The molecule has 0 saturated heterocycles. The van der Waals surface area contributed by atoms with E-state index in [0.29, 0.717) is 5.69 Å². The van der Waals surface area contributed by atoms with Crippen molar-refractivity contribution in [1.82, 2.24) is 5.32 Å². The van der Waals surface area contributed by atoms with Gasteiger partial charge in [0.2, 0.25) is 5.91 Å². The molecule has 116 valence electrons. The van der Waals surface area contributed by atoms with Gasteiger partial charge in [0.25, 0.3) is 5.69 Å². The molecule has 1 aromatic rings. The molecular formula is C14H21N3O4. The Morgan fingerprint density at radius 1 is 1.43 bits per heavy atom. The van der Waals surface area contributed by atoms with Gasteiger partial charge in [-0.25, -0.2) is 0 Å². The SMILES string of the molecule is CC(C)C(O)CNC(=O)CN(C)c1ccccc1[N+](=O)[O-]. The third-order valence-corrected chi connectivity index (χ3v) is 3.15. The van der Waals surface area contributed by atoms with Crippen LogP contribution >= 0.6 is 0 Å². The van der Waals surface area contributed by atoms with Crippen molar-refractivity contribution in [3.05, 3.63) is 34.4 Å². The number of likely N-dealkylation sites (N-methyl/N-ethyl adjacent to an activating group) is 1. The molecule has 7 heteroatoms. The summed E-state index contributed by atoms with van der Waals surface area (Å²) in [5.74, 6) is -0.242. The summed E-state index contributed by atoms with van der Waals surface area (Å²) in [6.07, 6.45) is -0.606. The minimum Gasteiger partial charge on any atom is -0.391 e. The summed E-state index contributed by atoms with van der Waals surface area (Å²) in [4.78, 5) is 23.8. The van der Waals surface area contributed by atoms with E-state index in [0.717, 1.165) is 0 Å². The van der Waals surface area contributed by atoms with E-state index < -0.39 is 11.0 Å². The lowest BCUT2D eigenvalue weighted by Crippen LogP contribution is -2.40. The number of nitro benzene ring substituents is 1. The Kier molecular flexibility index (Phi) is 6.10. The number of nitrogens with one attached hydrogen (secondary N) is 1. The summed E-state index contributed by atoms with van der Waals surface area (Å²) in [5, 5.41) is 23.2. The van der Waals surface area contributed by atoms with Crippen molar-refractivity contribution in [3.8, 4) is 0 Å². The van der Waals surface area contributed by atoms with E-state index in [1.807, 2.05) is 13.8 Å². The van der Waals surface area contributed by atoms with Crippen molar-refractivity contribution >= 4 is 17.3 Å². The van der Waals surface area contributed by atoms with Gasteiger partial charge in [-0.1, -0.05) is 26.0 Å². The summed E-state index contributed by atoms with van der Waals surface area (Å²) >= 11 is 0. The number of anilines is 1. The molecule has 21 heavy (non-hydrogen) atoms. The van der Waals surface area contributed by atoms with Gasteiger partial charge in [-0.2, -0.15) is 0 Å². The summed E-state index contributed by atoms with van der Waals surface area (Å²) in [7, 11) is 1.61. The van der Waals surface area contributed by atoms with Crippen LogP contribution in [-0.4, -0.2) is 42.2 Å². The fraction of sp³-hybridized carbons (Fsp3) is 0.500. The van der Waals surface area contributed by atoms with Crippen LogP contribution in [0.2, 0.25) is 0 Å². The molecule has 0 saturated carbocycles. The topological polar surface area (TPSA) is 95.7 Å². The molecule has 1 unspecified atom stereocenters. The predicted molar refractivity (Wildman–Crippen MR) is 80.2 cm³/mol. The van der Waals surface area contributed by atoms with Crippen LogP contribution in [0.15, 0.2) is 24.3 Å². The van der Waals surface area contributed by atoms with Crippen LogP contribution < -0.4 is 10.2 Å². The average molecular weight is 295 g/mol. The molecule has 0 fully saturated rings. The summed E-state index contributed by atoms with van der Waals surface area (Å²) in [6, 6.07) is 6.24. The Balaban J connectivity index is 2.63. The van der Waals surface area contributed by atoms with E-state index in [1.54, 1.807) is 25.2 Å². The van der Waals surface area contributed by atoms with Gasteiger partial charge in [-0.05, 0) is 12.0 Å². The number of amides is 1. The van der Waals surface area contributed by atoms with Crippen molar-refractivity contribution in [3.63, 3.8) is 0 Å². The van der Waals surface area contributed by atoms with Crippen LogP contribution in [0.3, 0.4) is 0 Å². The van der Waals surface area contributed by atoms with E-state index in [-0.39, 0.29) is 30.6 Å². The fourth-order valence-corrected chi connectivity index (χ4v) is 1.75. The molecule has 0 radical (unpaired) electrons. The van der Waals surface area contributed by atoms with E-state index >= 15 is 0 Å². The molecule has 1 aromatic carbocycles. The fourth-order valence-electron chi connectivity index (χ4n) is 1.75. The summed E-state index contributed by atoms with van der Waals surface area (Å²) in [5.41, 5.74) is 0.331. The lowest BCUT2D eigenvalue weighted by atomic mass is 10.1. The third-order valence-electron chi connectivity index (χ3n) is 3.15. The standard InChI is InChI=1S/C14H21N3O4/c1-10(2)13(18)8-15-14(19)9-16(3)11-6-4-5-7-12(11)17(20)21/h4-7,10,13,18H,8-9H2,1-3H3,(H,15,19). The summed E-state index contributed by atoms with van der Waals surface area (Å²) < 4.78 is 0. The molecule has 7 nitrogen and oxygen atoms in total. The number of nitrogens with zero attached hydrogens (tertiary/aromatic N) is 2. The van der Waals surface area contributed by atoms with Gasteiger partial charge in [-0.15, -0.1) is 0 Å².